The lowest BCUT2D eigenvalue weighted by atomic mass is 9.95. The van der Waals surface area contributed by atoms with Crippen molar-refractivity contribution in [2.75, 3.05) is 36.6 Å². The van der Waals surface area contributed by atoms with E-state index in [1.165, 1.54) is 6.26 Å². The van der Waals surface area contributed by atoms with E-state index in [1.807, 2.05) is 0 Å². The third kappa shape index (κ3) is 4.13. The summed E-state index contributed by atoms with van der Waals surface area (Å²) in [6.45, 7) is 5.91. The number of hydrogen-bond donors (Lipinski definition) is 1. The average Bonchev–Trinajstić information content (AvgIpc) is 2.16. The van der Waals surface area contributed by atoms with Crippen molar-refractivity contribution in [3.05, 3.63) is 0 Å². The molecule has 0 aliphatic carbocycles. The van der Waals surface area contributed by atoms with Crippen LogP contribution in [0.5, 0.6) is 0 Å². The average molecular weight is 283 g/mol. The fraction of sp³-hybridized carbons (Fsp3) is 1.00. The summed E-state index contributed by atoms with van der Waals surface area (Å²) in [4.78, 5) is 2.10. The Hall–Kier alpha value is 0.610. The van der Waals surface area contributed by atoms with Gasteiger partial charge in [0.25, 0.3) is 0 Å². The van der Waals surface area contributed by atoms with Crippen molar-refractivity contribution in [3.8, 4) is 0 Å². The van der Waals surface area contributed by atoms with Gasteiger partial charge in [0.15, 0.2) is 9.84 Å². The second-order valence-electron chi connectivity index (χ2n) is 5.15. The van der Waals surface area contributed by atoms with Gasteiger partial charge < -0.3 is 0 Å². The number of nitrogens with zero attached hydrogens (tertiary/aromatic N) is 1. The van der Waals surface area contributed by atoms with E-state index in [-0.39, 0.29) is 10.8 Å². The molecular formula is C10H21NO2S3. The van der Waals surface area contributed by atoms with Gasteiger partial charge in [-0.15, -0.1) is 0 Å². The predicted molar refractivity (Wildman–Crippen MR) is 75.2 cm³/mol. The van der Waals surface area contributed by atoms with Gasteiger partial charge in [-0.3, -0.25) is 4.90 Å². The molecule has 1 rings (SSSR count). The molecule has 1 saturated heterocycles. The Labute approximate surface area is 109 Å². The molecule has 96 valence electrons. The summed E-state index contributed by atoms with van der Waals surface area (Å²) in [7, 11) is -2.98. The molecule has 6 heteroatoms. The molecule has 1 fully saturated rings. The largest absolute Gasteiger partial charge is 0.285 e. The molecule has 1 aliphatic rings. The number of hydrogen-bond acceptors (Lipinski definition) is 5. The summed E-state index contributed by atoms with van der Waals surface area (Å²) in [5, 5.41) is -0.314. The van der Waals surface area contributed by atoms with Crippen LogP contribution in [0.3, 0.4) is 0 Å². The number of thiol groups is 1. The van der Waals surface area contributed by atoms with Crippen molar-refractivity contribution in [2.24, 2.45) is 5.41 Å². The van der Waals surface area contributed by atoms with E-state index in [0.717, 1.165) is 24.6 Å². The standard InChI is InChI=1S/C10H21NO2S3/c1-10(2,8-14)7-11-4-5-15-6-9(11)16(3,12)13/h9,14H,4-8H2,1-3H3. The first-order valence-electron chi connectivity index (χ1n) is 5.38. The molecule has 0 aromatic carbocycles. The molecular weight excluding hydrogens is 262 g/mol. The molecule has 0 aromatic rings. The minimum absolute atomic E-state index is 0.0635. The van der Waals surface area contributed by atoms with Crippen molar-refractivity contribution < 1.29 is 8.42 Å². The minimum Gasteiger partial charge on any atom is -0.285 e. The molecule has 1 aliphatic heterocycles. The Balaban J connectivity index is 2.76. The third-order valence-corrected chi connectivity index (χ3v) is 6.29. The summed E-state index contributed by atoms with van der Waals surface area (Å²) in [6.07, 6.45) is 1.34. The lowest BCUT2D eigenvalue weighted by Gasteiger charge is -2.38. The second-order valence-corrected chi connectivity index (χ2v) is 8.82. The Morgan fingerprint density at radius 2 is 2.12 bits per heavy atom. The van der Waals surface area contributed by atoms with E-state index >= 15 is 0 Å². The second kappa shape index (κ2) is 5.50. The van der Waals surface area contributed by atoms with Gasteiger partial charge in [0.2, 0.25) is 0 Å². The highest BCUT2D eigenvalue weighted by Gasteiger charge is 2.33. The molecule has 1 heterocycles. The maximum Gasteiger partial charge on any atom is 0.164 e. The summed E-state index contributed by atoms with van der Waals surface area (Å²) in [6, 6.07) is 0. The van der Waals surface area contributed by atoms with Crippen LogP contribution in [0.25, 0.3) is 0 Å². The molecule has 0 saturated carbocycles. The van der Waals surface area contributed by atoms with Crippen molar-refractivity contribution in [1.29, 1.82) is 0 Å². The summed E-state index contributed by atoms with van der Waals surface area (Å²) in [5.74, 6) is 2.49. The quantitative estimate of drug-likeness (QED) is 0.791. The zero-order valence-corrected chi connectivity index (χ0v) is 12.7. The first kappa shape index (κ1) is 14.7. The fourth-order valence-electron chi connectivity index (χ4n) is 1.79. The highest BCUT2D eigenvalue weighted by atomic mass is 32.2. The molecule has 1 unspecified atom stereocenters. The fourth-order valence-corrected chi connectivity index (χ4v) is 4.83. The maximum absolute atomic E-state index is 11.7. The van der Waals surface area contributed by atoms with E-state index in [0.29, 0.717) is 5.75 Å². The molecule has 0 bridgehead atoms. The first-order valence-corrected chi connectivity index (χ1v) is 9.12. The predicted octanol–water partition coefficient (Wildman–Crippen LogP) is 1.36. The van der Waals surface area contributed by atoms with Crippen LogP contribution in [0, 0.1) is 5.41 Å². The maximum atomic E-state index is 11.7. The molecule has 0 N–H and O–H groups in total. The molecule has 0 spiro atoms. The van der Waals surface area contributed by atoms with Gasteiger partial charge in [-0.25, -0.2) is 8.42 Å². The van der Waals surface area contributed by atoms with Crippen molar-refractivity contribution >= 4 is 34.2 Å². The molecule has 0 amide bonds. The van der Waals surface area contributed by atoms with Crippen LogP contribution >= 0.6 is 24.4 Å². The Bertz CT molecular complexity index is 327. The zero-order chi connectivity index (χ0) is 12.4. The molecule has 16 heavy (non-hydrogen) atoms. The van der Waals surface area contributed by atoms with Crippen LogP contribution in [0.15, 0.2) is 0 Å². The third-order valence-electron chi connectivity index (χ3n) is 2.74. The lowest BCUT2D eigenvalue weighted by molar-refractivity contribution is 0.191. The highest BCUT2D eigenvalue weighted by molar-refractivity contribution is 8.00. The van der Waals surface area contributed by atoms with Gasteiger partial charge in [0.05, 0.1) is 0 Å². The zero-order valence-electron chi connectivity index (χ0n) is 10.1. The van der Waals surface area contributed by atoms with Crippen molar-refractivity contribution in [2.45, 2.75) is 19.2 Å². The van der Waals surface area contributed by atoms with Crippen LogP contribution in [0.2, 0.25) is 0 Å². The smallest absolute Gasteiger partial charge is 0.164 e. The van der Waals surface area contributed by atoms with E-state index in [9.17, 15) is 8.42 Å². The van der Waals surface area contributed by atoms with Crippen LogP contribution in [0.1, 0.15) is 13.8 Å². The van der Waals surface area contributed by atoms with Gasteiger partial charge >= 0.3 is 0 Å². The summed E-state index contributed by atoms with van der Waals surface area (Å²) in [5.41, 5.74) is 0.0635. The van der Waals surface area contributed by atoms with Crippen LogP contribution in [0.4, 0.5) is 0 Å². The lowest BCUT2D eigenvalue weighted by Crippen LogP contribution is -2.50. The van der Waals surface area contributed by atoms with E-state index in [4.69, 9.17) is 0 Å². The highest BCUT2D eigenvalue weighted by Crippen LogP contribution is 2.26. The molecule has 3 nitrogen and oxygen atoms in total. The Morgan fingerprint density at radius 1 is 1.50 bits per heavy atom. The Morgan fingerprint density at radius 3 is 2.62 bits per heavy atom. The van der Waals surface area contributed by atoms with Gasteiger partial charge in [0.1, 0.15) is 5.37 Å². The van der Waals surface area contributed by atoms with Gasteiger partial charge in [0, 0.05) is 30.9 Å². The molecule has 0 radical (unpaired) electrons. The first-order chi connectivity index (χ1) is 7.26. The number of sulfone groups is 1. The van der Waals surface area contributed by atoms with Crippen LogP contribution in [-0.4, -0.2) is 55.3 Å². The van der Waals surface area contributed by atoms with Crippen molar-refractivity contribution in [3.63, 3.8) is 0 Å². The van der Waals surface area contributed by atoms with Crippen molar-refractivity contribution in [1.82, 2.24) is 4.90 Å². The molecule has 0 aromatic heterocycles. The summed E-state index contributed by atoms with van der Waals surface area (Å²) < 4.78 is 23.4. The Kier molecular flexibility index (Phi) is 5.04. The van der Waals surface area contributed by atoms with Crippen LogP contribution in [-0.2, 0) is 9.84 Å². The van der Waals surface area contributed by atoms with Gasteiger partial charge in [-0.05, 0) is 11.2 Å². The van der Waals surface area contributed by atoms with Gasteiger partial charge in [-0.2, -0.15) is 24.4 Å². The minimum atomic E-state index is -2.98. The number of thioether (sulfide) groups is 1. The monoisotopic (exact) mass is 283 g/mol. The topological polar surface area (TPSA) is 37.4 Å². The normalized spacial score (nSPS) is 24.6. The molecule has 1 atom stereocenters. The number of rotatable bonds is 4. The van der Waals surface area contributed by atoms with Crippen LogP contribution < -0.4 is 0 Å². The SMILES string of the molecule is CC(C)(CS)CN1CCSCC1S(C)(=O)=O. The van der Waals surface area contributed by atoms with E-state index in [2.05, 4.69) is 31.4 Å². The summed E-state index contributed by atoms with van der Waals surface area (Å²) >= 11 is 6.05. The van der Waals surface area contributed by atoms with E-state index in [1.54, 1.807) is 11.8 Å². The van der Waals surface area contributed by atoms with Gasteiger partial charge in [-0.1, -0.05) is 13.8 Å². The van der Waals surface area contributed by atoms with E-state index < -0.39 is 9.84 Å².